The van der Waals surface area contributed by atoms with Gasteiger partial charge in [0, 0.05) is 38.4 Å². The number of non-ortho nitro benzene ring substituents is 1. The van der Waals surface area contributed by atoms with Crippen molar-refractivity contribution in [1.29, 1.82) is 0 Å². The molecule has 0 saturated carbocycles. The van der Waals surface area contributed by atoms with Gasteiger partial charge in [0.2, 0.25) is 0 Å². The van der Waals surface area contributed by atoms with Gasteiger partial charge in [0.15, 0.2) is 5.96 Å². The second-order valence-electron chi connectivity index (χ2n) is 6.05. The van der Waals surface area contributed by atoms with E-state index in [1.165, 1.54) is 24.3 Å². The van der Waals surface area contributed by atoms with Gasteiger partial charge in [-0.2, -0.15) is 0 Å². The van der Waals surface area contributed by atoms with Crippen LogP contribution in [-0.4, -0.2) is 30.6 Å². The molecule has 2 rings (SSSR count). The minimum Gasteiger partial charge on any atom is -0.382 e. The molecule has 0 bridgehead atoms. The SMILES string of the molecule is CCOCCCNC(=NCc1ccc(F)cc1)NCc1ccc([N+](=O)[O-])cc1. The first-order valence-corrected chi connectivity index (χ1v) is 9.16. The molecule has 0 aromatic heterocycles. The standard InChI is InChI=1S/C20H25FN4O3/c1-2-28-13-3-12-22-20(23-14-16-4-8-18(21)9-5-16)24-15-17-6-10-19(11-7-17)25(26)27/h4-11H,2-3,12-15H2,1H3,(H2,22,23,24). The van der Waals surface area contributed by atoms with E-state index in [1.807, 2.05) is 6.92 Å². The lowest BCUT2D eigenvalue weighted by Gasteiger charge is -2.13. The van der Waals surface area contributed by atoms with E-state index >= 15 is 0 Å². The third kappa shape index (κ3) is 7.71. The zero-order chi connectivity index (χ0) is 20.2. The normalized spacial score (nSPS) is 11.3. The average molecular weight is 388 g/mol. The monoisotopic (exact) mass is 388 g/mol. The van der Waals surface area contributed by atoms with Gasteiger partial charge < -0.3 is 15.4 Å². The third-order valence-electron chi connectivity index (χ3n) is 3.90. The van der Waals surface area contributed by atoms with Gasteiger partial charge >= 0.3 is 0 Å². The maximum absolute atomic E-state index is 13.0. The van der Waals surface area contributed by atoms with E-state index in [0.717, 1.165) is 17.5 Å². The van der Waals surface area contributed by atoms with Crippen LogP contribution in [0.3, 0.4) is 0 Å². The van der Waals surface area contributed by atoms with Crippen LogP contribution in [0.2, 0.25) is 0 Å². The summed E-state index contributed by atoms with van der Waals surface area (Å²) >= 11 is 0. The number of guanidine groups is 1. The van der Waals surface area contributed by atoms with Gasteiger partial charge in [-0.25, -0.2) is 9.38 Å². The first kappa shape index (κ1) is 21.3. The molecule has 2 aromatic rings. The number of nitro benzene ring substituents is 1. The number of ether oxygens (including phenoxy) is 1. The second kappa shape index (κ2) is 11.7. The van der Waals surface area contributed by atoms with Crippen LogP contribution in [-0.2, 0) is 17.8 Å². The zero-order valence-corrected chi connectivity index (χ0v) is 15.9. The number of rotatable bonds is 10. The summed E-state index contributed by atoms with van der Waals surface area (Å²) in [6, 6.07) is 12.6. The van der Waals surface area contributed by atoms with Crippen LogP contribution in [0, 0.1) is 15.9 Å². The molecule has 2 N–H and O–H groups in total. The molecule has 0 amide bonds. The molecule has 8 heteroatoms. The summed E-state index contributed by atoms with van der Waals surface area (Å²) in [4.78, 5) is 14.8. The van der Waals surface area contributed by atoms with Crippen LogP contribution in [0.15, 0.2) is 53.5 Å². The van der Waals surface area contributed by atoms with Crippen LogP contribution < -0.4 is 10.6 Å². The Morgan fingerprint density at radius 3 is 2.43 bits per heavy atom. The van der Waals surface area contributed by atoms with Crippen LogP contribution in [0.4, 0.5) is 10.1 Å². The molecule has 0 spiro atoms. The number of nitrogens with one attached hydrogen (secondary N) is 2. The molecule has 0 heterocycles. The van der Waals surface area contributed by atoms with Gasteiger partial charge in [0.25, 0.3) is 5.69 Å². The minimum absolute atomic E-state index is 0.0583. The molecular formula is C20H25FN4O3. The first-order chi connectivity index (χ1) is 13.6. The molecule has 7 nitrogen and oxygen atoms in total. The number of halogens is 1. The van der Waals surface area contributed by atoms with Crippen molar-refractivity contribution >= 4 is 11.6 Å². The van der Waals surface area contributed by atoms with Crippen LogP contribution in [0.1, 0.15) is 24.5 Å². The molecule has 0 radical (unpaired) electrons. The van der Waals surface area contributed by atoms with E-state index in [4.69, 9.17) is 4.74 Å². The van der Waals surface area contributed by atoms with Crippen molar-refractivity contribution in [2.24, 2.45) is 4.99 Å². The Hall–Kier alpha value is -3.00. The fourth-order valence-corrected chi connectivity index (χ4v) is 2.38. The molecule has 0 atom stereocenters. The summed E-state index contributed by atoms with van der Waals surface area (Å²) in [5.74, 6) is 0.331. The van der Waals surface area contributed by atoms with Gasteiger partial charge in [0.1, 0.15) is 5.82 Å². The first-order valence-electron chi connectivity index (χ1n) is 9.16. The fourth-order valence-electron chi connectivity index (χ4n) is 2.38. The lowest BCUT2D eigenvalue weighted by atomic mass is 10.2. The summed E-state index contributed by atoms with van der Waals surface area (Å²) < 4.78 is 18.4. The molecule has 28 heavy (non-hydrogen) atoms. The number of hydrogen-bond acceptors (Lipinski definition) is 4. The number of benzene rings is 2. The van der Waals surface area contributed by atoms with Crippen molar-refractivity contribution in [3.63, 3.8) is 0 Å². The van der Waals surface area contributed by atoms with E-state index in [0.29, 0.717) is 38.8 Å². The average Bonchev–Trinajstić information content (AvgIpc) is 2.70. The molecule has 0 saturated heterocycles. The Morgan fingerprint density at radius 1 is 1.11 bits per heavy atom. The topological polar surface area (TPSA) is 88.8 Å². The smallest absolute Gasteiger partial charge is 0.269 e. The number of nitro groups is 1. The van der Waals surface area contributed by atoms with Gasteiger partial charge in [0.05, 0.1) is 11.5 Å². The van der Waals surface area contributed by atoms with E-state index in [9.17, 15) is 14.5 Å². The lowest BCUT2D eigenvalue weighted by molar-refractivity contribution is -0.384. The Labute approximate surface area is 163 Å². The highest BCUT2D eigenvalue weighted by Crippen LogP contribution is 2.11. The van der Waals surface area contributed by atoms with E-state index < -0.39 is 4.92 Å². The second-order valence-corrected chi connectivity index (χ2v) is 6.05. The van der Waals surface area contributed by atoms with Gasteiger partial charge in [-0.05, 0) is 36.6 Å². The van der Waals surface area contributed by atoms with Crippen LogP contribution >= 0.6 is 0 Å². The van der Waals surface area contributed by atoms with Crippen molar-refractivity contribution < 1.29 is 14.1 Å². The highest BCUT2D eigenvalue weighted by molar-refractivity contribution is 5.79. The molecule has 0 fully saturated rings. The Bertz CT molecular complexity index is 764. The van der Waals surface area contributed by atoms with Crippen molar-refractivity contribution in [2.45, 2.75) is 26.4 Å². The summed E-state index contributed by atoms with van der Waals surface area (Å²) in [6.07, 6.45) is 0.836. The van der Waals surface area contributed by atoms with Gasteiger partial charge in [-0.3, -0.25) is 10.1 Å². The van der Waals surface area contributed by atoms with Crippen molar-refractivity contribution in [3.8, 4) is 0 Å². The summed E-state index contributed by atoms with van der Waals surface area (Å²) in [7, 11) is 0. The molecule has 0 aliphatic heterocycles. The molecule has 0 unspecified atom stereocenters. The zero-order valence-electron chi connectivity index (χ0n) is 15.9. The molecular weight excluding hydrogens is 363 g/mol. The van der Waals surface area contributed by atoms with Crippen molar-refractivity contribution in [3.05, 3.63) is 75.6 Å². The quantitative estimate of drug-likeness (QED) is 0.214. The Morgan fingerprint density at radius 2 is 1.79 bits per heavy atom. The van der Waals surface area contributed by atoms with Gasteiger partial charge in [-0.1, -0.05) is 24.3 Å². The number of aliphatic imine (C=N–C) groups is 1. The highest BCUT2D eigenvalue weighted by atomic mass is 19.1. The van der Waals surface area contributed by atoms with Crippen molar-refractivity contribution in [2.75, 3.05) is 19.8 Å². The van der Waals surface area contributed by atoms with Crippen LogP contribution in [0.5, 0.6) is 0 Å². The third-order valence-corrected chi connectivity index (χ3v) is 3.90. The predicted octanol–water partition coefficient (Wildman–Crippen LogP) is 3.40. The van der Waals surface area contributed by atoms with Gasteiger partial charge in [-0.15, -0.1) is 0 Å². The lowest BCUT2D eigenvalue weighted by Crippen LogP contribution is -2.37. The predicted molar refractivity (Wildman–Crippen MR) is 107 cm³/mol. The maximum atomic E-state index is 13.0. The number of nitrogens with zero attached hydrogens (tertiary/aromatic N) is 2. The van der Waals surface area contributed by atoms with E-state index in [2.05, 4.69) is 15.6 Å². The summed E-state index contributed by atoms with van der Waals surface area (Å²) in [6.45, 7) is 4.87. The fraction of sp³-hybridized carbons (Fsp3) is 0.350. The van der Waals surface area contributed by atoms with E-state index in [1.54, 1.807) is 24.3 Å². The molecule has 0 aliphatic carbocycles. The molecule has 2 aromatic carbocycles. The largest absolute Gasteiger partial charge is 0.382 e. The number of hydrogen-bond donors (Lipinski definition) is 2. The van der Waals surface area contributed by atoms with Crippen molar-refractivity contribution in [1.82, 2.24) is 10.6 Å². The van der Waals surface area contributed by atoms with Crippen LogP contribution in [0.25, 0.3) is 0 Å². The molecule has 0 aliphatic rings. The highest BCUT2D eigenvalue weighted by Gasteiger charge is 2.05. The molecule has 150 valence electrons. The Kier molecular flexibility index (Phi) is 8.87. The minimum atomic E-state index is -0.424. The van der Waals surface area contributed by atoms with E-state index in [-0.39, 0.29) is 11.5 Å². The Balaban J connectivity index is 1.94. The summed E-state index contributed by atoms with van der Waals surface area (Å²) in [5, 5.41) is 17.2. The summed E-state index contributed by atoms with van der Waals surface area (Å²) in [5.41, 5.74) is 1.85. The maximum Gasteiger partial charge on any atom is 0.269 e.